The third kappa shape index (κ3) is 1.12. The van der Waals surface area contributed by atoms with Crippen LogP contribution in [0.2, 0.25) is 0 Å². The van der Waals surface area contributed by atoms with Crippen molar-refractivity contribution in [3.8, 4) is 12.3 Å². The van der Waals surface area contributed by atoms with Gasteiger partial charge in [0.1, 0.15) is 11.0 Å². The first-order chi connectivity index (χ1) is 4.25. The maximum atomic E-state index is 10.9. The lowest BCUT2D eigenvalue weighted by Crippen LogP contribution is -2.14. The van der Waals surface area contributed by atoms with Gasteiger partial charge in [0.25, 0.3) is 0 Å². The van der Waals surface area contributed by atoms with Crippen LogP contribution < -0.4 is 0 Å². The zero-order valence-electron chi connectivity index (χ0n) is 5.26. The molecule has 0 amide bonds. The van der Waals surface area contributed by atoms with Gasteiger partial charge in [-0.3, -0.25) is 0 Å². The normalized spacial score (nSPS) is 33.7. The summed E-state index contributed by atoms with van der Waals surface area (Å²) in [5, 5.41) is 0.0926. The maximum absolute atomic E-state index is 10.9. The van der Waals surface area contributed by atoms with E-state index in [9.17, 15) is 4.55 Å². The Labute approximate surface area is 58.3 Å². The lowest BCUT2D eigenvalue weighted by atomic mass is 10.2. The third-order valence-electron chi connectivity index (χ3n) is 1.47. The van der Waals surface area contributed by atoms with Crippen molar-refractivity contribution in [1.29, 1.82) is 0 Å². The van der Waals surface area contributed by atoms with Crippen LogP contribution in [0.3, 0.4) is 0 Å². The molecule has 0 aromatic carbocycles. The summed E-state index contributed by atoms with van der Waals surface area (Å²) in [5.41, 5.74) is 0.897. The fourth-order valence-corrected chi connectivity index (χ4v) is 1.88. The summed E-state index contributed by atoms with van der Waals surface area (Å²) in [6, 6.07) is 0. The molecule has 0 aromatic heterocycles. The van der Waals surface area contributed by atoms with Crippen molar-refractivity contribution in [1.82, 2.24) is 0 Å². The molecule has 0 aromatic rings. The zero-order chi connectivity index (χ0) is 6.85. The summed E-state index contributed by atoms with van der Waals surface area (Å²) >= 11 is -0.733. The summed E-state index contributed by atoms with van der Waals surface area (Å²) in [4.78, 5) is 0. The first-order valence-corrected chi connectivity index (χ1v) is 4.17. The van der Waals surface area contributed by atoms with Crippen molar-refractivity contribution >= 4 is 11.2 Å². The smallest absolute Gasteiger partial charge is 0.145 e. The molecule has 0 aliphatic carbocycles. The van der Waals surface area contributed by atoms with E-state index in [1.54, 1.807) is 0 Å². The Balaban J connectivity index is 2.69. The van der Waals surface area contributed by atoms with E-state index in [-0.39, 0.29) is 5.25 Å². The van der Waals surface area contributed by atoms with Crippen LogP contribution in [0.15, 0.2) is 11.6 Å². The largest absolute Gasteiger partial charge is 0.616 e. The molecule has 48 valence electrons. The topological polar surface area (TPSA) is 23.1 Å². The Bertz CT molecular complexity index is 178. The molecule has 2 atom stereocenters. The summed E-state index contributed by atoms with van der Waals surface area (Å²) in [5.74, 6) is 3.15. The molecule has 1 nitrogen and oxygen atoms in total. The molecule has 0 radical (unpaired) electrons. The molecule has 0 saturated heterocycles. The molecule has 2 heteroatoms. The number of hydrogen-bond donors (Lipinski definition) is 0. The summed E-state index contributed by atoms with van der Waals surface area (Å²) in [6.07, 6.45) is 7.01. The average molecular weight is 140 g/mol. The van der Waals surface area contributed by atoms with Gasteiger partial charge in [-0.15, -0.1) is 6.42 Å². The Kier molecular flexibility index (Phi) is 1.84. The van der Waals surface area contributed by atoms with E-state index >= 15 is 0 Å². The van der Waals surface area contributed by atoms with Gasteiger partial charge in [-0.2, -0.15) is 0 Å². The van der Waals surface area contributed by atoms with Crippen LogP contribution in [0.1, 0.15) is 6.92 Å². The Hall–Kier alpha value is -0.390. The van der Waals surface area contributed by atoms with E-state index in [0.29, 0.717) is 5.75 Å². The van der Waals surface area contributed by atoms with Crippen LogP contribution >= 0.6 is 0 Å². The van der Waals surface area contributed by atoms with Gasteiger partial charge < -0.3 is 4.55 Å². The lowest BCUT2D eigenvalue weighted by Gasteiger charge is -2.08. The highest BCUT2D eigenvalue weighted by atomic mass is 32.2. The molecule has 0 spiro atoms. The van der Waals surface area contributed by atoms with Crippen LogP contribution in [-0.2, 0) is 11.2 Å². The van der Waals surface area contributed by atoms with Crippen LogP contribution in [0, 0.1) is 12.3 Å². The molecule has 1 rings (SSSR count). The van der Waals surface area contributed by atoms with E-state index in [0.717, 1.165) is 5.57 Å². The quantitative estimate of drug-likeness (QED) is 0.359. The zero-order valence-corrected chi connectivity index (χ0v) is 6.07. The molecule has 1 aliphatic heterocycles. The van der Waals surface area contributed by atoms with E-state index in [4.69, 9.17) is 6.42 Å². The van der Waals surface area contributed by atoms with Gasteiger partial charge in [0, 0.05) is 0 Å². The number of hydrogen-bond acceptors (Lipinski definition) is 1. The van der Waals surface area contributed by atoms with Gasteiger partial charge >= 0.3 is 0 Å². The van der Waals surface area contributed by atoms with Crippen LogP contribution in [0.5, 0.6) is 0 Å². The Morgan fingerprint density at radius 3 is 2.89 bits per heavy atom. The SMILES string of the molecule is C#CC1=CC[S+]([O-])C1C. The molecule has 0 N–H and O–H groups in total. The molecule has 0 saturated carbocycles. The van der Waals surface area contributed by atoms with E-state index < -0.39 is 11.2 Å². The van der Waals surface area contributed by atoms with Gasteiger partial charge in [-0.1, -0.05) is 5.92 Å². The van der Waals surface area contributed by atoms with E-state index in [1.807, 2.05) is 13.0 Å². The second kappa shape index (κ2) is 2.47. The molecular formula is C7H8OS. The van der Waals surface area contributed by atoms with Crippen molar-refractivity contribution in [2.75, 3.05) is 5.75 Å². The fourth-order valence-electron chi connectivity index (χ4n) is 0.800. The second-order valence-electron chi connectivity index (χ2n) is 1.99. The molecular weight excluding hydrogens is 132 g/mol. The number of terminal acetylenes is 1. The minimum Gasteiger partial charge on any atom is -0.616 e. The van der Waals surface area contributed by atoms with Crippen LogP contribution in [0.25, 0.3) is 0 Å². The molecule has 0 fully saturated rings. The van der Waals surface area contributed by atoms with Crippen LogP contribution in [0.4, 0.5) is 0 Å². The molecule has 2 unspecified atom stereocenters. The molecule has 0 bridgehead atoms. The highest BCUT2D eigenvalue weighted by molar-refractivity contribution is 7.92. The van der Waals surface area contributed by atoms with Gasteiger partial charge in [0.15, 0.2) is 0 Å². The van der Waals surface area contributed by atoms with Crippen molar-refractivity contribution in [2.24, 2.45) is 0 Å². The summed E-state index contributed by atoms with van der Waals surface area (Å²) in [6.45, 7) is 1.90. The maximum Gasteiger partial charge on any atom is 0.145 e. The van der Waals surface area contributed by atoms with E-state index in [1.165, 1.54) is 0 Å². The molecule has 1 heterocycles. The second-order valence-corrected chi connectivity index (χ2v) is 3.80. The van der Waals surface area contributed by atoms with Crippen LogP contribution in [-0.4, -0.2) is 15.6 Å². The van der Waals surface area contributed by atoms with Crippen molar-refractivity contribution in [3.05, 3.63) is 11.6 Å². The summed E-state index contributed by atoms with van der Waals surface area (Å²) < 4.78 is 10.9. The van der Waals surface area contributed by atoms with Gasteiger partial charge in [0.05, 0.1) is 5.57 Å². The highest BCUT2D eigenvalue weighted by Crippen LogP contribution is 2.19. The van der Waals surface area contributed by atoms with Crippen molar-refractivity contribution in [2.45, 2.75) is 12.2 Å². The third-order valence-corrected chi connectivity index (χ3v) is 3.00. The minimum atomic E-state index is -0.733. The standard InChI is InChI=1S/C7H8OS/c1-3-7-4-5-9(8)6(7)2/h1,4,6H,5H2,2H3. The molecule has 1 aliphatic rings. The van der Waals surface area contributed by atoms with Crippen molar-refractivity contribution in [3.63, 3.8) is 0 Å². The van der Waals surface area contributed by atoms with Gasteiger partial charge in [-0.05, 0) is 24.2 Å². The van der Waals surface area contributed by atoms with Gasteiger partial charge in [0.2, 0.25) is 0 Å². The Morgan fingerprint density at radius 1 is 2.00 bits per heavy atom. The minimum absolute atomic E-state index is 0.0926. The first kappa shape index (κ1) is 6.73. The average Bonchev–Trinajstić information content (AvgIpc) is 2.15. The first-order valence-electron chi connectivity index (χ1n) is 2.79. The fraction of sp³-hybridized carbons (Fsp3) is 0.429. The molecule has 9 heavy (non-hydrogen) atoms. The van der Waals surface area contributed by atoms with E-state index in [2.05, 4.69) is 5.92 Å². The van der Waals surface area contributed by atoms with Gasteiger partial charge in [-0.25, -0.2) is 0 Å². The van der Waals surface area contributed by atoms with Crippen molar-refractivity contribution < 1.29 is 4.55 Å². The number of rotatable bonds is 0. The monoisotopic (exact) mass is 140 g/mol. The highest BCUT2D eigenvalue weighted by Gasteiger charge is 2.25. The Morgan fingerprint density at radius 2 is 2.67 bits per heavy atom. The predicted molar refractivity (Wildman–Crippen MR) is 39.4 cm³/mol. The lowest BCUT2D eigenvalue weighted by molar-refractivity contribution is 0.595. The summed E-state index contributed by atoms with van der Waals surface area (Å²) in [7, 11) is 0. The predicted octanol–water partition coefficient (Wildman–Crippen LogP) is 0.697.